The number of hydrogen-bond donors (Lipinski definition) is 0. The summed E-state index contributed by atoms with van der Waals surface area (Å²) in [4.78, 5) is 4.19. The van der Waals surface area contributed by atoms with Crippen LogP contribution in [-0.2, 0) is 0 Å². The largest absolute Gasteiger partial charge is 0.432 e. The summed E-state index contributed by atoms with van der Waals surface area (Å²) in [5.41, 5.74) is 1.64. The molecule has 1 aliphatic carbocycles. The Balaban J connectivity index is 1.83. The molecule has 17 heavy (non-hydrogen) atoms. The number of nitrogens with zero attached hydrogens (tertiary/aromatic N) is 2. The molecule has 3 nitrogen and oxygen atoms in total. The van der Waals surface area contributed by atoms with Crippen LogP contribution in [0.3, 0.4) is 0 Å². The van der Waals surface area contributed by atoms with Gasteiger partial charge in [0.1, 0.15) is 6.07 Å². The van der Waals surface area contributed by atoms with Gasteiger partial charge in [-0.05, 0) is 33.8 Å². The van der Waals surface area contributed by atoms with Crippen molar-refractivity contribution in [3.63, 3.8) is 0 Å². The molecule has 2 unspecified atom stereocenters. The average molecular weight is 289 g/mol. The Labute approximate surface area is 107 Å². The Kier molecular flexibility index (Phi) is 2.49. The van der Waals surface area contributed by atoms with E-state index >= 15 is 0 Å². The molecule has 1 aromatic heterocycles. The average Bonchev–Trinajstić information content (AvgIpc) is 3.08. The van der Waals surface area contributed by atoms with Crippen molar-refractivity contribution in [3.8, 4) is 6.07 Å². The lowest BCUT2D eigenvalue weighted by Gasteiger charge is -1.96. The molecule has 0 spiro atoms. The normalized spacial score (nSPS) is 22.1. The van der Waals surface area contributed by atoms with Crippen molar-refractivity contribution in [2.24, 2.45) is 0 Å². The third-order valence-corrected chi connectivity index (χ3v) is 3.58. The highest BCUT2D eigenvalue weighted by molar-refractivity contribution is 9.10. The summed E-state index contributed by atoms with van der Waals surface area (Å²) in [6, 6.07) is 12.3. The molecule has 0 amide bonds. The first-order valence-electron chi connectivity index (χ1n) is 5.41. The number of halogens is 1. The maximum absolute atomic E-state index is 8.81. The summed E-state index contributed by atoms with van der Waals surface area (Å²) in [6.45, 7) is 0. The van der Waals surface area contributed by atoms with Crippen LogP contribution < -0.4 is 0 Å². The summed E-state index contributed by atoms with van der Waals surface area (Å²) >= 11 is 3.20. The third kappa shape index (κ3) is 1.87. The zero-order chi connectivity index (χ0) is 11.8. The highest BCUT2D eigenvalue weighted by atomic mass is 79.9. The monoisotopic (exact) mass is 288 g/mol. The number of benzene rings is 1. The number of aromatic nitrogens is 1. The fourth-order valence-corrected chi connectivity index (χ4v) is 2.42. The zero-order valence-corrected chi connectivity index (χ0v) is 10.5. The predicted molar refractivity (Wildman–Crippen MR) is 65.5 cm³/mol. The number of hydrogen-bond acceptors (Lipinski definition) is 3. The van der Waals surface area contributed by atoms with Crippen LogP contribution in [0.5, 0.6) is 0 Å². The second kappa shape index (κ2) is 4.01. The summed E-state index contributed by atoms with van der Waals surface area (Å²) in [5, 5.41) is 8.81. The third-order valence-electron chi connectivity index (χ3n) is 3.04. The Hall–Kier alpha value is -1.60. The van der Waals surface area contributed by atoms with Crippen LogP contribution in [-0.4, -0.2) is 4.98 Å². The molecule has 1 aliphatic rings. The Morgan fingerprint density at radius 3 is 2.71 bits per heavy atom. The van der Waals surface area contributed by atoms with Crippen molar-refractivity contribution >= 4 is 15.9 Å². The van der Waals surface area contributed by atoms with Gasteiger partial charge in [-0.1, -0.05) is 30.3 Å². The molecule has 1 fully saturated rings. The maximum atomic E-state index is 8.81. The lowest BCUT2D eigenvalue weighted by Crippen LogP contribution is -1.84. The topological polar surface area (TPSA) is 49.8 Å². The molecule has 3 rings (SSSR count). The number of rotatable bonds is 2. The van der Waals surface area contributed by atoms with Gasteiger partial charge in [-0.25, -0.2) is 4.98 Å². The highest BCUT2D eigenvalue weighted by Gasteiger charge is 2.43. The molecule has 0 N–H and O–H groups in total. The Morgan fingerprint density at radius 1 is 1.29 bits per heavy atom. The van der Waals surface area contributed by atoms with Crippen molar-refractivity contribution in [2.75, 3.05) is 0 Å². The fraction of sp³-hybridized carbons (Fsp3) is 0.231. The SMILES string of the molecule is N#Cc1nc(C2CC2c2ccccc2)oc1Br. The standard InChI is InChI=1S/C13H9BrN2O/c14-12-11(7-15)16-13(17-12)10-6-9(10)8-4-2-1-3-5-8/h1-5,9-10H,6H2. The van der Waals surface area contributed by atoms with Gasteiger partial charge in [-0.2, -0.15) is 5.26 Å². The van der Waals surface area contributed by atoms with Crippen LogP contribution in [0.25, 0.3) is 0 Å². The molecule has 1 aromatic carbocycles. The minimum absolute atomic E-state index is 0.316. The smallest absolute Gasteiger partial charge is 0.207 e. The number of nitriles is 1. The van der Waals surface area contributed by atoms with Gasteiger partial charge in [0.15, 0.2) is 5.69 Å². The molecular weight excluding hydrogens is 280 g/mol. The summed E-state index contributed by atoms with van der Waals surface area (Å²) < 4.78 is 5.90. The zero-order valence-electron chi connectivity index (χ0n) is 8.93. The molecule has 1 heterocycles. The number of oxazole rings is 1. The van der Waals surface area contributed by atoms with Gasteiger partial charge < -0.3 is 4.42 Å². The van der Waals surface area contributed by atoms with Crippen LogP contribution >= 0.6 is 15.9 Å². The van der Waals surface area contributed by atoms with E-state index in [4.69, 9.17) is 9.68 Å². The first-order chi connectivity index (χ1) is 8.29. The molecule has 1 saturated carbocycles. The van der Waals surface area contributed by atoms with Crippen LogP contribution in [0, 0.1) is 11.3 Å². The first-order valence-corrected chi connectivity index (χ1v) is 6.20. The van der Waals surface area contributed by atoms with E-state index in [9.17, 15) is 0 Å². The van der Waals surface area contributed by atoms with E-state index in [0.717, 1.165) is 6.42 Å². The molecule has 0 bridgehead atoms. The van der Waals surface area contributed by atoms with E-state index in [2.05, 4.69) is 33.0 Å². The summed E-state index contributed by atoms with van der Waals surface area (Å²) in [6.07, 6.45) is 1.04. The van der Waals surface area contributed by atoms with Gasteiger partial charge in [0.25, 0.3) is 0 Å². The van der Waals surface area contributed by atoms with Crippen LogP contribution in [0.15, 0.2) is 39.4 Å². The molecule has 4 heteroatoms. The molecule has 2 aromatic rings. The Morgan fingerprint density at radius 2 is 2.06 bits per heavy atom. The summed E-state index contributed by atoms with van der Waals surface area (Å²) in [7, 11) is 0. The molecule has 0 radical (unpaired) electrons. The van der Waals surface area contributed by atoms with Gasteiger partial charge in [0.2, 0.25) is 10.6 Å². The molecule has 84 valence electrons. The van der Waals surface area contributed by atoms with Gasteiger partial charge in [-0.15, -0.1) is 0 Å². The molecular formula is C13H9BrN2O. The lowest BCUT2D eigenvalue weighted by atomic mass is 10.1. The van der Waals surface area contributed by atoms with Crippen LogP contribution in [0.4, 0.5) is 0 Å². The van der Waals surface area contributed by atoms with E-state index in [0.29, 0.717) is 28.1 Å². The summed E-state index contributed by atoms with van der Waals surface area (Å²) in [5.74, 6) is 1.46. The lowest BCUT2D eigenvalue weighted by molar-refractivity contribution is 0.474. The van der Waals surface area contributed by atoms with Crippen molar-refractivity contribution in [2.45, 2.75) is 18.3 Å². The van der Waals surface area contributed by atoms with E-state index in [-0.39, 0.29) is 0 Å². The van der Waals surface area contributed by atoms with Gasteiger partial charge >= 0.3 is 0 Å². The van der Waals surface area contributed by atoms with E-state index in [1.165, 1.54) is 5.56 Å². The first kappa shape index (κ1) is 10.5. The maximum Gasteiger partial charge on any atom is 0.207 e. The second-order valence-corrected chi connectivity index (χ2v) is 4.87. The second-order valence-electron chi connectivity index (χ2n) is 4.15. The molecule has 0 saturated heterocycles. The minimum Gasteiger partial charge on any atom is -0.432 e. The molecule has 0 aliphatic heterocycles. The Bertz CT molecular complexity index is 585. The molecule has 2 atom stereocenters. The van der Waals surface area contributed by atoms with E-state index in [1.54, 1.807) is 0 Å². The van der Waals surface area contributed by atoms with Crippen molar-refractivity contribution in [1.29, 1.82) is 5.26 Å². The predicted octanol–water partition coefficient (Wildman–Crippen LogP) is 3.58. The van der Waals surface area contributed by atoms with Crippen LogP contribution in [0.2, 0.25) is 0 Å². The van der Waals surface area contributed by atoms with E-state index in [1.807, 2.05) is 24.3 Å². The van der Waals surface area contributed by atoms with E-state index < -0.39 is 0 Å². The van der Waals surface area contributed by atoms with Gasteiger partial charge in [0, 0.05) is 5.92 Å². The fourth-order valence-electron chi connectivity index (χ4n) is 2.08. The van der Waals surface area contributed by atoms with Crippen LogP contribution in [0.1, 0.15) is 35.4 Å². The van der Waals surface area contributed by atoms with Crippen molar-refractivity contribution < 1.29 is 4.42 Å². The highest BCUT2D eigenvalue weighted by Crippen LogP contribution is 2.54. The minimum atomic E-state index is 0.316. The van der Waals surface area contributed by atoms with Gasteiger partial charge in [-0.3, -0.25) is 0 Å². The van der Waals surface area contributed by atoms with Crippen molar-refractivity contribution in [3.05, 3.63) is 52.1 Å². The van der Waals surface area contributed by atoms with Crippen molar-refractivity contribution in [1.82, 2.24) is 4.98 Å². The quantitative estimate of drug-likeness (QED) is 0.849. The van der Waals surface area contributed by atoms with Gasteiger partial charge in [0.05, 0.1) is 0 Å².